The van der Waals surface area contributed by atoms with Gasteiger partial charge in [-0.05, 0) is 70.6 Å². The maximum atomic E-state index is 12.7. The first kappa shape index (κ1) is 56.0. The second kappa shape index (κ2) is 40.4. The SMILES string of the molecule is CCCCCCCC/C=C\C/C=C\C/C=C\CCCC(=O)OC[C@H](COP(=O)(O)OCC[N+](C)(C)C)OC(=O)CCCCCCCCC/C=C\CCCCCCCC. The summed E-state index contributed by atoms with van der Waals surface area (Å²) in [6, 6.07) is 0. The number of esters is 2. The van der Waals surface area contributed by atoms with Gasteiger partial charge in [0.1, 0.15) is 19.8 Å². The van der Waals surface area contributed by atoms with Crippen LogP contribution in [-0.4, -0.2) is 74.9 Å². The number of quaternary nitrogens is 1. The smallest absolute Gasteiger partial charge is 0.462 e. The summed E-state index contributed by atoms with van der Waals surface area (Å²) in [5, 5.41) is 0. The predicted octanol–water partition coefficient (Wildman–Crippen LogP) is 13.5. The van der Waals surface area contributed by atoms with Crippen molar-refractivity contribution in [3.8, 4) is 0 Å². The lowest BCUT2D eigenvalue weighted by Crippen LogP contribution is -2.37. The van der Waals surface area contributed by atoms with Crippen molar-refractivity contribution in [3.63, 3.8) is 0 Å². The minimum absolute atomic E-state index is 0.0223. The van der Waals surface area contributed by atoms with E-state index in [0.29, 0.717) is 23.9 Å². The third-order valence-corrected chi connectivity index (χ3v) is 10.8. The number of allylic oxidation sites excluding steroid dienone is 8. The zero-order valence-corrected chi connectivity index (χ0v) is 38.9. The molecule has 0 rings (SSSR count). The highest BCUT2D eigenvalue weighted by Crippen LogP contribution is 2.43. The quantitative estimate of drug-likeness (QED) is 0.0213. The summed E-state index contributed by atoms with van der Waals surface area (Å²) >= 11 is 0. The molecule has 2 atom stereocenters. The molecule has 0 aliphatic rings. The highest BCUT2D eigenvalue weighted by atomic mass is 31.2. The average molecular weight is 839 g/mol. The Hall–Kier alpha value is -2.03. The van der Waals surface area contributed by atoms with E-state index in [9.17, 15) is 19.0 Å². The highest BCUT2D eigenvalue weighted by Gasteiger charge is 2.27. The molecule has 0 saturated heterocycles. The van der Waals surface area contributed by atoms with Crippen LogP contribution >= 0.6 is 7.82 Å². The van der Waals surface area contributed by atoms with Crippen LogP contribution in [-0.2, 0) is 32.7 Å². The molecule has 9 nitrogen and oxygen atoms in total. The van der Waals surface area contributed by atoms with Gasteiger partial charge in [-0.25, -0.2) is 4.57 Å². The van der Waals surface area contributed by atoms with E-state index in [4.69, 9.17) is 18.5 Å². The van der Waals surface area contributed by atoms with Gasteiger partial charge in [-0.3, -0.25) is 18.6 Å². The Labute approximate surface area is 356 Å². The molecule has 0 amide bonds. The molecule has 0 aliphatic heterocycles. The van der Waals surface area contributed by atoms with Gasteiger partial charge in [0.05, 0.1) is 27.7 Å². The molecule has 0 saturated carbocycles. The van der Waals surface area contributed by atoms with Crippen LogP contribution in [0.3, 0.4) is 0 Å². The Bertz CT molecular complexity index is 1130. The molecular weight excluding hydrogens is 750 g/mol. The van der Waals surface area contributed by atoms with Crippen LogP contribution in [0.15, 0.2) is 48.6 Å². The van der Waals surface area contributed by atoms with Gasteiger partial charge in [0.2, 0.25) is 0 Å². The first-order valence-electron chi connectivity index (χ1n) is 23.4. The van der Waals surface area contributed by atoms with Crippen LogP contribution in [0.5, 0.6) is 0 Å². The van der Waals surface area contributed by atoms with Crippen molar-refractivity contribution in [2.24, 2.45) is 0 Å². The van der Waals surface area contributed by atoms with Crippen molar-refractivity contribution in [1.82, 2.24) is 0 Å². The van der Waals surface area contributed by atoms with E-state index in [1.807, 2.05) is 21.1 Å². The molecule has 1 unspecified atom stereocenters. The van der Waals surface area contributed by atoms with Gasteiger partial charge in [0.15, 0.2) is 6.10 Å². The lowest BCUT2D eigenvalue weighted by Gasteiger charge is -2.24. The number of hydrogen-bond acceptors (Lipinski definition) is 7. The molecule has 338 valence electrons. The second-order valence-electron chi connectivity index (χ2n) is 16.8. The van der Waals surface area contributed by atoms with Gasteiger partial charge in [-0.2, -0.15) is 0 Å². The summed E-state index contributed by atoms with van der Waals surface area (Å²) in [5.74, 6) is -0.864. The zero-order valence-electron chi connectivity index (χ0n) is 38.0. The largest absolute Gasteiger partial charge is 0.472 e. The molecule has 0 heterocycles. The number of carbonyl (C=O) groups is 2. The standard InChI is InChI=1S/C48H88NO8P/c1-6-8-10-12-14-16-18-20-22-24-26-28-30-32-34-36-38-40-47(50)54-44-46(45-56-58(52,53)55-43-42-49(3,4)5)57-48(51)41-39-37-35-33-31-29-27-25-23-21-19-17-15-13-11-9-7-2/h20-23,26,28,32,34,46H,6-19,24-25,27,29-31,33,35-45H2,1-5H3/p+1/b22-20-,23-21-,28-26-,34-32-/t46-/m1/s1. The number of nitrogens with zero attached hydrogens (tertiary/aromatic N) is 1. The molecule has 0 fully saturated rings. The van der Waals surface area contributed by atoms with E-state index in [0.717, 1.165) is 51.4 Å². The van der Waals surface area contributed by atoms with Gasteiger partial charge in [-0.1, -0.05) is 159 Å². The number of rotatable bonds is 42. The van der Waals surface area contributed by atoms with Crippen molar-refractivity contribution < 1.29 is 42.1 Å². The number of phosphoric acid groups is 1. The van der Waals surface area contributed by atoms with Gasteiger partial charge in [-0.15, -0.1) is 0 Å². The van der Waals surface area contributed by atoms with Crippen LogP contribution in [0.4, 0.5) is 0 Å². The monoisotopic (exact) mass is 839 g/mol. The highest BCUT2D eigenvalue weighted by molar-refractivity contribution is 7.47. The first-order valence-corrected chi connectivity index (χ1v) is 24.9. The van der Waals surface area contributed by atoms with Crippen molar-refractivity contribution in [2.75, 3.05) is 47.5 Å². The molecule has 0 aromatic rings. The Morgan fingerprint density at radius 1 is 0.534 bits per heavy atom. The first-order chi connectivity index (χ1) is 28.0. The summed E-state index contributed by atoms with van der Waals surface area (Å²) in [4.78, 5) is 35.4. The number of phosphoric ester groups is 1. The fraction of sp³-hybridized carbons (Fsp3) is 0.792. The van der Waals surface area contributed by atoms with Crippen molar-refractivity contribution in [3.05, 3.63) is 48.6 Å². The van der Waals surface area contributed by atoms with Crippen LogP contribution in [0.2, 0.25) is 0 Å². The molecule has 10 heteroatoms. The van der Waals surface area contributed by atoms with Gasteiger partial charge in [0.25, 0.3) is 0 Å². The van der Waals surface area contributed by atoms with Gasteiger partial charge in [0, 0.05) is 12.8 Å². The Morgan fingerprint density at radius 2 is 0.948 bits per heavy atom. The number of carbonyl (C=O) groups excluding carboxylic acids is 2. The summed E-state index contributed by atoms with van der Waals surface area (Å²) in [6.07, 6.45) is 47.4. The molecule has 0 aromatic heterocycles. The number of ether oxygens (including phenoxy) is 2. The van der Waals surface area contributed by atoms with Crippen molar-refractivity contribution in [1.29, 1.82) is 0 Å². The van der Waals surface area contributed by atoms with Crippen LogP contribution in [0, 0.1) is 0 Å². The van der Waals surface area contributed by atoms with Gasteiger partial charge >= 0.3 is 19.8 Å². The third-order valence-electron chi connectivity index (χ3n) is 9.83. The van der Waals surface area contributed by atoms with E-state index in [1.54, 1.807) is 0 Å². The summed E-state index contributed by atoms with van der Waals surface area (Å²) in [6.45, 7) is 4.35. The minimum Gasteiger partial charge on any atom is -0.462 e. The molecule has 1 N–H and O–H groups in total. The Kier molecular flexibility index (Phi) is 39.0. The lowest BCUT2D eigenvalue weighted by atomic mass is 10.1. The van der Waals surface area contributed by atoms with Crippen LogP contribution in [0.25, 0.3) is 0 Å². The van der Waals surface area contributed by atoms with E-state index < -0.39 is 32.5 Å². The molecule has 0 radical (unpaired) electrons. The second-order valence-corrected chi connectivity index (χ2v) is 18.2. The van der Waals surface area contributed by atoms with Crippen molar-refractivity contribution >= 4 is 19.8 Å². The fourth-order valence-corrected chi connectivity index (χ4v) is 6.88. The van der Waals surface area contributed by atoms with E-state index in [-0.39, 0.29) is 26.1 Å². The number of likely N-dealkylation sites (N-methyl/N-ethyl adjacent to an activating group) is 1. The Balaban J connectivity index is 4.41. The van der Waals surface area contributed by atoms with Crippen LogP contribution < -0.4 is 0 Å². The summed E-state index contributed by atoms with van der Waals surface area (Å²) in [5.41, 5.74) is 0. The normalized spacial score (nSPS) is 14.0. The molecular formula is C48H89NO8P+. The molecule has 58 heavy (non-hydrogen) atoms. The minimum atomic E-state index is -4.39. The lowest BCUT2D eigenvalue weighted by molar-refractivity contribution is -0.870. The van der Waals surface area contributed by atoms with Crippen molar-refractivity contribution in [2.45, 2.75) is 200 Å². The van der Waals surface area contributed by atoms with E-state index in [1.165, 1.54) is 103 Å². The predicted molar refractivity (Wildman–Crippen MR) is 243 cm³/mol. The molecule has 0 aliphatic carbocycles. The summed E-state index contributed by atoms with van der Waals surface area (Å²) in [7, 11) is 1.45. The topological polar surface area (TPSA) is 108 Å². The van der Waals surface area contributed by atoms with Gasteiger partial charge < -0.3 is 18.9 Å². The Morgan fingerprint density at radius 3 is 1.45 bits per heavy atom. The number of hydrogen-bond donors (Lipinski definition) is 1. The molecule has 0 aromatic carbocycles. The number of unbranched alkanes of at least 4 members (excludes halogenated alkanes) is 20. The maximum absolute atomic E-state index is 12.7. The zero-order chi connectivity index (χ0) is 42.8. The fourth-order valence-electron chi connectivity index (χ4n) is 6.14. The maximum Gasteiger partial charge on any atom is 0.472 e. The third kappa shape index (κ3) is 43.5. The molecule has 0 spiro atoms. The average Bonchev–Trinajstić information content (AvgIpc) is 3.17. The molecule has 0 bridgehead atoms. The van der Waals surface area contributed by atoms with E-state index in [2.05, 4.69) is 62.5 Å². The van der Waals surface area contributed by atoms with Crippen LogP contribution in [0.1, 0.15) is 194 Å². The van der Waals surface area contributed by atoms with E-state index >= 15 is 0 Å². The summed E-state index contributed by atoms with van der Waals surface area (Å²) < 4.78 is 34.3.